The zero-order valence-corrected chi connectivity index (χ0v) is 10.7. The molecule has 0 saturated heterocycles. The second-order valence-corrected chi connectivity index (χ2v) is 6.38. The Kier molecular flexibility index (Phi) is 3.87. The van der Waals surface area contributed by atoms with E-state index in [0.29, 0.717) is 10.7 Å². The number of anilines is 1. The van der Waals surface area contributed by atoms with Gasteiger partial charge in [-0.25, -0.2) is 0 Å². The molecule has 0 radical (unpaired) electrons. The predicted molar refractivity (Wildman–Crippen MR) is 69.1 cm³/mol. The van der Waals surface area contributed by atoms with Crippen LogP contribution in [0, 0.1) is 0 Å². The molecule has 0 spiro atoms. The molecule has 2 nitrogen and oxygen atoms in total. The van der Waals surface area contributed by atoms with E-state index in [1.54, 1.807) is 18.2 Å². The minimum absolute atomic E-state index is 0.275. The highest BCUT2D eigenvalue weighted by molar-refractivity contribution is 7.85. The van der Waals surface area contributed by atoms with Gasteiger partial charge in [-0.1, -0.05) is 30.9 Å². The quantitative estimate of drug-likeness (QED) is 0.826. The Morgan fingerprint density at radius 2 is 1.94 bits per heavy atom. The Labute approximate surface area is 104 Å². The first-order chi connectivity index (χ1) is 7.68. The summed E-state index contributed by atoms with van der Waals surface area (Å²) in [6, 6.07) is 5.23. The topological polar surface area (TPSA) is 43.1 Å². The predicted octanol–water partition coefficient (Wildman–Crippen LogP) is 3.36. The van der Waals surface area contributed by atoms with Gasteiger partial charge in [0.2, 0.25) is 0 Å². The van der Waals surface area contributed by atoms with E-state index in [4.69, 9.17) is 17.3 Å². The van der Waals surface area contributed by atoms with Crippen molar-refractivity contribution in [3.63, 3.8) is 0 Å². The normalized spacial score (nSPS) is 19.6. The van der Waals surface area contributed by atoms with Crippen LogP contribution in [0.4, 0.5) is 5.69 Å². The van der Waals surface area contributed by atoms with Crippen LogP contribution in [-0.4, -0.2) is 9.46 Å². The summed E-state index contributed by atoms with van der Waals surface area (Å²) < 4.78 is 12.3. The number of nitrogen functional groups attached to an aromatic ring is 1. The molecule has 1 unspecified atom stereocenters. The molecule has 0 heterocycles. The van der Waals surface area contributed by atoms with Crippen LogP contribution in [0.5, 0.6) is 0 Å². The van der Waals surface area contributed by atoms with Crippen molar-refractivity contribution in [1.29, 1.82) is 0 Å². The first kappa shape index (κ1) is 11.9. The zero-order chi connectivity index (χ0) is 11.5. The number of benzene rings is 1. The first-order valence-electron chi connectivity index (χ1n) is 5.64. The van der Waals surface area contributed by atoms with Crippen LogP contribution in [0.2, 0.25) is 5.02 Å². The maximum atomic E-state index is 12.3. The minimum atomic E-state index is -0.973. The van der Waals surface area contributed by atoms with Crippen molar-refractivity contribution < 1.29 is 4.21 Å². The summed E-state index contributed by atoms with van der Waals surface area (Å²) in [7, 11) is -0.973. The second kappa shape index (κ2) is 5.19. The van der Waals surface area contributed by atoms with Gasteiger partial charge in [-0.3, -0.25) is 4.21 Å². The Balaban J connectivity index is 2.19. The summed E-state index contributed by atoms with van der Waals surface area (Å²) in [4.78, 5) is 0.747. The third kappa shape index (κ3) is 2.58. The van der Waals surface area contributed by atoms with Crippen molar-refractivity contribution in [2.24, 2.45) is 0 Å². The molecule has 0 aromatic heterocycles. The highest BCUT2D eigenvalue weighted by Crippen LogP contribution is 2.29. The lowest BCUT2D eigenvalue weighted by atomic mass is 10.0. The van der Waals surface area contributed by atoms with E-state index in [0.717, 1.165) is 17.7 Å². The number of hydrogen-bond acceptors (Lipinski definition) is 2. The second-order valence-electron chi connectivity index (χ2n) is 4.24. The van der Waals surface area contributed by atoms with Crippen LogP contribution in [0.25, 0.3) is 0 Å². The van der Waals surface area contributed by atoms with Crippen molar-refractivity contribution in [3.05, 3.63) is 23.2 Å². The number of hydrogen-bond donors (Lipinski definition) is 1. The van der Waals surface area contributed by atoms with Crippen molar-refractivity contribution in [3.8, 4) is 0 Å². The van der Waals surface area contributed by atoms with Gasteiger partial charge in [0, 0.05) is 16.0 Å². The largest absolute Gasteiger partial charge is 0.398 e. The summed E-state index contributed by atoms with van der Waals surface area (Å²) in [6.07, 6.45) is 5.74. The summed E-state index contributed by atoms with van der Waals surface area (Å²) in [5.74, 6) is 0. The van der Waals surface area contributed by atoms with E-state index in [9.17, 15) is 4.21 Å². The smallest absolute Gasteiger partial charge is 0.0621 e. The molecule has 88 valence electrons. The van der Waals surface area contributed by atoms with Crippen molar-refractivity contribution in [2.75, 3.05) is 5.73 Å². The Morgan fingerprint density at radius 3 is 2.56 bits per heavy atom. The number of nitrogens with two attached hydrogens (primary N) is 1. The molecule has 1 saturated carbocycles. The molecule has 1 aromatic carbocycles. The lowest BCUT2D eigenvalue weighted by molar-refractivity contribution is 0.504. The van der Waals surface area contributed by atoms with Gasteiger partial charge in [0.15, 0.2) is 0 Å². The Morgan fingerprint density at radius 1 is 1.25 bits per heavy atom. The number of rotatable bonds is 2. The van der Waals surface area contributed by atoms with E-state index in [1.165, 1.54) is 19.3 Å². The van der Waals surface area contributed by atoms with E-state index in [2.05, 4.69) is 0 Å². The van der Waals surface area contributed by atoms with E-state index < -0.39 is 10.8 Å². The Bertz CT molecular complexity index is 402. The Hall–Kier alpha value is -0.540. The van der Waals surface area contributed by atoms with Gasteiger partial charge in [-0.15, -0.1) is 0 Å². The molecular weight excluding hydrogens is 242 g/mol. The van der Waals surface area contributed by atoms with Gasteiger partial charge in [-0.05, 0) is 31.0 Å². The van der Waals surface area contributed by atoms with Gasteiger partial charge in [0.1, 0.15) is 0 Å². The van der Waals surface area contributed by atoms with E-state index in [-0.39, 0.29) is 5.25 Å². The summed E-state index contributed by atoms with van der Waals surface area (Å²) in [6.45, 7) is 0. The maximum absolute atomic E-state index is 12.3. The highest BCUT2D eigenvalue weighted by Gasteiger charge is 2.22. The molecule has 2 rings (SSSR count). The number of halogens is 1. The van der Waals surface area contributed by atoms with Gasteiger partial charge in [0.25, 0.3) is 0 Å². The molecule has 16 heavy (non-hydrogen) atoms. The van der Waals surface area contributed by atoms with Crippen LogP contribution >= 0.6 is 11.6 Å². The zero-order valence-electron chi connectivity index (χ0n) is 9.12. The van der Waals surface area contributed by atoms with Crippen molar-refractivity contribution in [1.82, 2.24) is 0 Å². The summed E-state index contributed by atoms with van der Waals surface area (Å²) >= 11 is 5.83. The van der Waals surface area contributed by atoms with Crippen LogP contribution < -0.4 is 5.73 Å². The van der Waals surface area contributed by atoms with Crippen LogP contribution in [0.15, 0.2) is 23.1 Å². The third-order valence-corrected chi connectivity index (χ3v) is 5.16. The fourth-order valence-corrected chi connectivity index (χ4v) is 3.96. The molecule has 4 heteroatoms. The molecule has 1 aliphatic rings. The summed E-state index contributed by atoms with van der Waals surface area (Å²) in [5.41, 5.74) is 6.40. The van der Waals surface area contributed by atoms with Gasteiger partial charge in [0.05, 0.1) is 15.7 Å². The van der Waals surface area contributed by atoms with Gasteiger partial charge >= 0.3 is 0 Å². The van der Waals surface area contributed by atoms with Gasteiger partial charge in [-0.2, -0.15) is 0 Å². The lowest BCUT2D eigenvalue weighted by Gasteiger charge is -2.21. The fourth-order valence-electron chi connectivity index (χ4n) is 2.16. The van der Waals surface area contributed by atoms with Crippen LogP contribution in [0.1, 0.15) is 32.1 Å². The van der Waals surface area contributed by atoms with Crippen LogP contribution in [0.3, 0.4) is 0 Å². The molecule has 2 N–H and O–H groups in total. The molecule has 0 bridgehead atoms. The fraction of sp³-hybridized carbons (Fsp3) is 0.500. The van der Waals surface area contributed by atoms with Crippen molar-refractivity contribution >= 4 is 28.1 Å². The molecule has 1 aliphatic carbocycles. The molecule has 1 aromatic rings. The minimum Gasteiger partial charge on any atom is -0.398 e. The van der Waals surface area contributed by atoms with Crippen molar-refractivity contribution in [2.45, 2.75) is 42.2 Å². The molecule has 1 fully saturated rings. The van der Waals surface area contributed by atoms with E-state index in [1.807, 2.05) is 0 Å². The molecule has 0 aliphatic heterocycles. The SMILES string of the molecule is Nc1cc(Cl)ccc1S(=O)C1CCCCC1. The van der Waals surface area contributed by atoms with Gasteiger partial charge < -0.3 is 5.73 Å². The average Bonchev–Trinajstić information content (AvgIpc) is 2.29. The van der Waals surface area contributed by atoms with Crippen LogP contribution in [-0.2, 0) is 10.8 Å². The first-order valence-corrected chi connectivity index (χ1v) is 7.23. The molecular formula is C12H16ClNOS. The monoisotopic (exact) mass is 257 g/mol. The standard InChI is InChI=1S/C12H16ClNOS/c13-9-6-7-12(11(14)8-9)16(15)10-4-2-1-3-5-10/h6-8,10H,1-5,14H2. The van der Waals surface area contributed by atoms with E-state index >= 15 is 0 Å². The molecule has 0 amide bonds. The lowest BCUT2D eigenvalue weighted by Crippen LogP contribution is -2.19. The summed E-state index contributed by atoms with van der Waals surface area (Å²) in [5, 5.41) is 0.874. The highest BCUT2D eigenvalue weighted by atomic mass is 35.5. The average molecular weight is 258 g/mol. The molecule has 1 atom stereocenters. The third-order valence-electron chi connectivity index (χ3n) is 3.04. The maximum Gasteiger partial charge on any atom is 0.0621 e.